The second kappa shape index (κ2) is 5.66. The fourth-order valence-corrected chi connectivity index (χ4v) is 1.49. The van der Waals surface area contributed by atoms with Crippen LogP contribution in [0.15, 0.2) is 12.1 Å². The van der Waals surface area contributed by atoms with Crippen molar-refractivity contribution in [3.05, 3.63) is 17.8 Å². The molecule has 1 aromatic rings. The summed E-state index contributed by atoms with van der Waals surface area (Å²) in [6.07, 6.45) is 1.11. The van der Waals surface area contributed by atoms with Gasteiger partial charge in [0.1, 0.15) is 0 Å². The third-order valence-electron chi connectivity index (χ3n) is 2.30. The van der Waals surface area contributed by atoms with Gasteiger partial charge < -0.3 is 10.6 Å². The SMILES string of the molecule is CCCN(c1ccc(CN)nn1)C(C)C. The van der Waals surface area contributed by atoms with Crippen LogP contribution in [0.3, 0.4) is 0 Å². The van der Waals surface area contributed by atoms with Crippen LogP contribution in [0.4, 0.5) is 5.82 Å². The van der Waals surface area contributed by atoms with Gasteiger partial charge in [-0.15, -0.1) is 5.10 Å². The molecule has 0 radical (unpaired) electrons. The Morgan fingerprint density at radius 2 is 2.07 bits per heavy atom. The van der Waals surface area contributed by atoms with Crippen molar-refractivity contribution in [1.82, 2.24) is 10.2 Å². The Bertz CT molecular complexity index is 281. The van der Waals surface area contributed by atoms with Crippen LogP contribution < -0.4 is 10.6 Å². The van der Waals surface area contributed by atoms with E-state index in [0.717, 1.165) is 24.5 Å². The van der Waals surface area contributed by atoms with Gasteiger partial charge in [-0.3, -0.25) is 0 Å². The summed E-state index contributed by atoms with van der Waals surface area (Å²) in [7, 11) is 0. The van der Waals surface area contributed by atoms with Gasteiger partial charge in [0.15, 0.2) is 5.82 Å². The minimum absolute atomic E-state index is 0.447. The lowest BCUT2D eigenvalue weighted by atomic mass is 10.3. The van der Waals surface area contributed by atoms with E-state index in [9.17, 15) is 0 Å². The van der Waals surface area contributed by atoms with Crippen LogP contribution in [0.5, 0.6) is 0 Å². The molecule has 15 heavy (non-hydrogen) atoms. The summed E-state index contributed by atoms with van der Waals surface area (Å²) >= 11 is 0. The highest BCUT2D eigenvalue weighted by Gasteiger charge is 2.10. The Morgan fingerprint density at radius 3 is 2.47 bits per heavy atom. The van der Waals surface area contributed by atoms with Gasteiger partial charge in [-0.25, -0.2) is 0 Å². The van der Waals surface area contributed by atoms with Crippen molar-refractivity contribution in [2.45, 2.75) is 39.8 Å². The van der Waals surface area contributed by atoms with E-state index < -0.39 is 0 Å². The number of rotatable bonds is 5. The molecule has 0 bridgehead atoms. The lowest BCUT2D eigenvalue weighted by Crippen LogP contribution is -2.32. The number of hydrogen-bond acceptors (Lipinski definition) is 4. The molecular weight excluding hydrogens is 188 g/mol. The quantitative estimate of drug-likeness (QED) is 0.798. The minimum Gasteiger partial charge on any atom is -0.353 e. The summed E-state index contributed by atoms with van der Waals surface area (Å²) < 4.78 is 0. The molecule has 0 aliphatic rings. The fraction of sp³-hybridized carbons (Fsp3) is 0.636. The normalized spacial score (nSPS) is 10.7. The molecule has 0 aliphatic heterocycles. The zero-order valence-corrected chi connectivity index (χ0v) is 9.77. The summed E-state index contributed by atoms with van der Waals surface area (Å²) in [5, 5.41) is 8.25. The van der Waals surface area contributed by atoms with Gasteiger partial charge in [-0.1, -0.05) is 6.92 Å². The smallest absolute Gasteiger partial charge is 0.151 e. The Labute approximate surface area is 91.5 Å². The average Bonchev–Trinajstić information content (AvgIpc) is 2.26. The van der Waals surface area contributed by atoms with Gasteiger partial charge in [0.05, 0.1) is 5.69 Å². The Kier molecular flexibility index (Phi) is 4.49. The summed E-state index contributed by atoms with van der Waals surface area (Å²) in [4.78, 5) is 2.24. The van der Waals surface area contributed by atoms with E-state index in [1.165, 1.54) is 0 Å². The van der Waals surface area contributed by atoms with Gasteiger partial charge in [0, 0.05) is 19.1 Å². The molecule has 1 rings (SSSR count). The topological polar surface area (TPSA) is 55.0 Å². The number of nitrogens with two attached hydrogens (primary N) is 1. The van der Waals surface area contributed by atoms with Crippen LogP contribution in [0.2, 0.25) is 0 Å². The van der Waals surface area contributed by atoms with Crippen LogP contribution in [-0.4, -0.2) is 22.8 Å². The first-order valence-corrected chi connectivity index (χ1v) is 5.48. The van der Waals surface area contributed by atoms with Gasteiger partial charge >= 0.3 is 0 Å². The number of anilines is 1. The predicted octanol–water partition coefficient (Wildman–Crippen LogP) is 1.56. The second-order valence-corrected chi connectivity index (χ2v) is 3.87. The van der Waals surface area contributed by atoms with Crippen molar-refractivity contribution in [3.63, 3.8) is 0 Å². The first-order chi connectivity index (χ1) is 7.19. The zero-order chi connectivity index (χ0) is 11.3. The Hall–Kier alpha value is -1.16. The van der Waals surface area contributed by atoms with Crippen molar-refractivity contribution in [1.29, 1.82) is 0 Å². The maximum absolute atomic E-state index is 5.48. The molecule has 2 N–H and O–H groups in total. The van der Waals surface area contributed by atoms with Crippen LogP contribution in [0.25, 0.3) is 0 Å². The maximum Gasteiger partial charge on any atom is 0.151 e. The molecule has 0 unspecified atom stereocenters. The Morgan fingerprint density at radius 1 is 1.33 bits per heavy atom. The number of hydrogen-bond donors (Lipinski definition) is 1. The fourth-order valence-electron chi connectivity index (χ4n) is 1.49. The second-order valence-electron chi connectivity index (χ2n) is 3.87. The van der Waals surface area contributed by atoms with Crippen LogP contribution >= 0.6 is 0 Å². The van der Waals surface area contributed by atoms with Crippen molar-refractivity contribution >= 4 is 5.82 Å². The predicted molar refractivity (Wildman–Crippen MR) is 62.7 cm³/mol. The molecular formula is C11H20N4. The lowest BCUT2D eigenvalue weighted by molar-refractivity contribution is 0.654. The zero-order valence-electron chi connectivity index (χ0n) is 9.77. The molecule has 4 nitrogen and oxygen atoms in total. The van der Waals surface area contributed by atoms with E-state index in [2.05, 4.69) is 35.9 Å². The highest BCUT2D eigenvalue weighted by molar-refractivity contribution is 5.38. The van der Waals surface area contributed by atoms with E-state index >= 15 is 0 Å². The van der Waals surface area contributed by atoms with Gasteiger partial charge in [0.25, 0.3) is 0 Å². The van der Waals surface area contributed by atoms with Crippen molar-refractivity contribution < 1.29 is 0 Å². The molecule has 0 atom stereocenters. The largest absolute Gasteiger partial charge is 0.353 e. The first-order valence-electron chi connectivity index (χ1n) is 5.48. The summed E-state index contributed by atoms with van der Waals surface area (Å²) in [5.74, 6) is 0.934. The molecule has 0 aromatic carbocycles. The van der Waals surface area contributed by atoms with Crippen LogP contribution in [0, 0.1) is 0 Å². The molecule has 1 aromatic heterocycles. The van der Waals surface area contributed by atoms with Crippen molar-refractivity contribution in [3.8, 4) is 0 Å². The van der Waals surface area contributed by atoms with Crippen molar-refractivity contribution in [2.24, 2.45) is 5.73 Å². The molecule has 4 heteroatoms. The first kappa shape index (κ1) is 11.9. The summed E-state index contributed by atoms with van der Waals surface area (Å²) in [6, 6.07) is 4.38. The van der Waals surface area contributed by atoms with E-state index in [-0.39, 0.29) is 0 Å². The molecule has 0 saturated carbocycles. The third-order valence-corrected chi connectivity index (χ3v) is 2.30. The monoisotopic (exact) mass is 208 g/mol. The van der Waals surface area contributed by atoms with E-state index in [1.54, 1.807) is 0 Å². The van der Waals surface area contributed by atoms with Gasteiger partial charge in [-0.2, -0.15) is 5.10 Å². The minimum atomic E-state index is 0.447. The van der Waals surface area contributed by atoms with E-state index in [1.807, 2.05) is 12.1 Å². The standard InChI is InChI=1S/C11H20N4/c1-4-7-15(9(2)3)11-6-5-10(8-12)13-14-11/h5-6,9H,4,7-8,12H2,1-3H3. The van der Waals surface area contributed by atoms with Gasteiger partial charge in [0.2, 0.25) is 0 Å². The highest BCUT2D eigenvalue weighted by atomic mass is 15.3. The summed E-state index contributed by atoms with van der Waals surface area (Å²) in [6.45, 7) is 7.94. The molecule has 0 amide bonds. The van der Waals surface area contributed by atoms with E-state index in [4.69, 9.17) is 5.73 Å². The number of aromatic nitrogens is 2. The van der Waals surface area contributed by atoms with E-state index in [0.29, 0.717) is 12.6 Å². The highest BCUT2D eigenvalue weighted by Crippen LogP contribution is 2.13. The average molecular weight is 208 g/mol. The molecule has 1 heterocycles. The molecule has 0 aliphatic carbocycles. The lowest BCUT2D eigenvalue weighted by Gasteiger charge is -2.26. The van der Waals surface area contributed by atoms with Crippen molar-refractivity contribution in [2.75, 3.05) is 11.4 Å². The third kappa shape index (κ3) is 3.16. The molecule has 0 spiro atoms. The molecule has 84 valence electrons. The van der Waals surface area contributed by atoms with Crippen LogP contribution in [-0.2, 0) is 6.54 Å². The maximum atomic E-state index is 5.48. The van der Waals surface area contributed by atoms with Gasteiger partial charge in [-0.05, 0) is 32.4 Å². The number of nitrogens with zero attached hydrogens (tertiary/aromatic N) is 3. The molecule has 0 saturated heterocycles. The molecule has 0 fully saturated rings. The Balaban J connectivity index is 2.81. The van der Waals surface area contributed by atoms with Crippen LogP contribution in [0.1, 0.15) is 32.9 Å². The summed E-state index contributed by atoms with van der Waals surface area (Å²) in [5.41, 5.74) is 6.31.